The summed E-state index contributed by atoms with van der Waals surface area (Å²) in [5.74, 6) is 0. The molecule has 0 amide bonds. The van der Waals surface area contributed by atoms with Gasteiger partial charge in [-0.3, -0.25) is 4.98 Å². The molecule has 1 saturated heterocycles. The van der Waals surface area contributed by atoms with E-state index in [2.05, 4.69) is 40.5 Å². The summed E-state index contributed by atoms with van der Waals surface area (Å²) in [6.45, 7) is 9.99. The highest BCUT2D eigenvalue weighted by Crippen LogP contribution is 2.19. The average molecular weight is 278 g/mol. The minimum absolute atomic E-state index is 0.518. The third-order valence-corrected chi connectivity index (χ3v) is 3.39. The Morgan fingerprint density at radius 1 is 1.32 bits per heavy atom. The molecule has 19 heavy (non-hydrogen) atoms. The summed E-state index contributed by atoms with van der Waals surface area (Å²) in [5.41, 5.74) is 3.19. The van der Waals surface area contributed by atoms with Crippen LogP contribution in [0.5, 0.6) is 0 Å². The Hall–Kier alpha value is -1.32. The fraction of sp³-hybridized carbons (Fsp3) is 0.400. The van der Waals surface area contributed by atoms with Crippen LogP contribution >= 0.6 is 11.6 Å². The van der Waals surface area contributed by atoms with E-state index in [9.17, 15) is 0 Å². The third kappa shape index (κ3) is 4.08. The van der Waals surface area contributed by atoms with E-state index < -0.39 is 0 Å². The predicted molar refractivity (Wildman–Crippen MR) is 82.7 cm³/mol. The fourth-order valence-corrected chi connectivity index (χ4v) is 2.25. The molecular weight excluding hydrogens is 258 g/mol. The van der Waals surface area contributed by atoms with Crippen LogP contribution in [0.1, 0.15) is 11.4 Å². The quantitative estimate of drug-likeness (QED) is 0.792. The second-order valence-electron chi connectivity index (χ2n) is 4.96. The van der Waals surface area contributed by atoms with E-state index in [1.165, 1.54) is 5.69 Å². The summed E-state index contributed by atoms with van der Waals surface area (Å²) in [6.07, 6.45) is 3.68. The summed E-state index contributed by atoms with van der Waals surface area (Å²) >= 11 is 5.75. The van der Waals surface area contributed by atoms with E-state index in [1.807, 2.05) is 13.0 Å². The maximum Gasteiger partial charge on any atom is 0.0653 e. The highest BCUT2D eigenvalue weighted by atomic mass is 35.5. The van der Waals surface area contributed by atoms with Crippen LogP contribution in [0.15, 0.2) is 29.8 Å². The average Bonchev–Trinajstić information content (AvgIpc) is 2.36. The van der Waals surface area contributed by atoms with Crippen LogP contribution in [-0.4, -0.2) is 43.1 Å². The number of aromatic nitrogens is 1. The summed E-state index contributed by atoms with van der Waals surface area (Å²) in [5, 5.41) is 0.518. The van der Waals surface area contributed by atoms with Gasteiger partial charge in [0.05, 0.1) is 5.69 Å². The zero-order valence-corrected chi connectivity index (χ0v) is 12.3. The predicted octanol–water partition coefficient (Wildman–Crippen LogP) is 2.91. The van der Waals surface area contributed by atoms with Crippen molar-refractivity contribution in [3.63, 3.8) is 0 Å². The molecule has 1 aromatic rings. The number of allylic oxidation sites excluding steroid dienone is 2. The van der Waals surface area contributed by atoms with Gasteiger partial charge in [0.2, 0.25) is 0 Å². The van der Waals surface area contributed by atoms with Gasteiger partial charge in [-0.25, -0.2) is 0 Å². The van der Waals surface area contributed by atoms with Crippen LogP contribution in [0, 0.1) is 6.92 Å². The van der Waals surface area contributed by atoms with Crippen LogP contribution in [0.25, 0.3) is 6.08 Å². The van der Waals surface area contributed by atoms with Crippen molar-refractivity contribution in [2.24, 2.45) is 0 Å². The molecule has 2 rings (SSSR count). The largest absolute Gasteiger partial charge is 0.369 e. The van der Waals surface area contributed by atoms with Crippen LogP contribution in [-0.2, 0) is 0 Å². The first-order chi connectivity index (χ1) is 9.04. The van der Waals surface area contributed by atoms with Crippen molar-refractivity contribution < 1.29 is 0 Å². The zero-order chi connectivity index (χ0) is 13.8. The van der Waals surface area contributed by atoms with Gasteiger partial charge < -0.3 is 9.80 Å². The zero-order valence-electron chi connectivity index (χ0n) is 11.6. The number of piperazine rings is 1. The van der Waals surface area contributed by atoms with E-state index >= 15 is 0 Å². The molecule has 0 radical (unpaired) electrons. The maximum atomic E-state index is 5.75. The molecule has 0 aromatic carbocycles. The van der Waals surface area contributed by atoms with Gasteiger partial charge in [0.1, 0.15) is 0 Å². The number of hydrogen-bond acceptors (Lipinski definition) is 3. The molecule has 0 N–H and O–H groups in total. The van der Waals surface area contributed by atoms with E-state index in [1.54, 1.807) is 6.08 Å². The number of halogens is 1. The van der Waals surface area contributed by atoms with Gasteiger partial charge in [0.25, 0.3) is 0 Å². The number of rotatable bonds is 3. The van der Waals surface area contributed by atoms with E-state index in [4.69, 9.17) is 11.6 Å². The molecular formula is C15H20ClN3. The van der Waals surface area contributed by atoms with Gasteiger partial charge in [-0.2, -0.15) is 0 Å². The Morgan fingerprint density at radius 2 is 2.00 bits per heavy atom. The number of anilines is 1. The molecule has 0 spiro atoms. The Bertz CT molecular complexity index is 488. The van der Waals surface area contributed by atoms with Crippen molar-refractivity contribution in [3.8, 4) is 0 Å². The molecule has 0 atom stereocenters. The van der Waals surface area contributed by atoms with Crippen molar-refractivity contribution >= 4 is 23.4 Å². The standard InChI is InChI=1S/C15H20ClN3/c1-12(16)4-5-14-11-15(10-13(2)17-14)19-8-6-18(3)7-9-19/h4-5,10-11H,1,6-9H2,2-3H3/b5-4+. The van der Waals surface area contributed by atoms with Gasteiger partial charge in [-0.05, 0) is 38.3 Å². The minimum atomic E-state index is 0.518. The van der Waals surface area contributed by atoms with E-state index in [0.717, 1.165) is 37.6 Å². The van der Waals surface area contributed by atoms with E-state index in [-0.39, 0.29) is 0 Å². The first kappa shape index (κ1) is 14.1. The molecule has 1 aliphatic heterocycles. The summed E-state index contributed by atoms with van der Waals surface area (Å²) in [7, 11) is 2.16. The Kier molecular flexibility index (Phi) is 4.61. The lowest BCUT2D eigenvalue weighted by Crippen LogP contribution is -2.44. The molecule has 1 aromatic heterocycles. The number of likely N-dealkylation sites (N-methyl/N-ethyl adjacent to an activating group) is 1. The van der Waals surface area contributed by atoms with Crippen LogP contribution < -0.4 is 4.90 Å². The SMILES string of the molecule is C=C(Cl)/C=C/c1cc(N2CCN(C)CC2)cc(C)n1. The summed E-state index contributed by atoms with van der Waals surface area (Å²) < 4.78 is 0. The second-order valence-corrected chi connectivity index (χ2v) is 5.45. The highest BCUT2D eigenvalue weighted by Gasteiger charge is 2.14. The molecule has 0 unspecified atom stereocenters. The van der Waals surface area contributed by atoms with Crippen LogP contribution in [0.4, 0.5) is 5.69 Å². The number of pyridine rings is 1. The van der Waals surface area contributed by atoms with Crippen molar-refractivity contribution in [2.45, 2.75) is 6.92 Å². The number of aryl methyl sites for hydroxylation is 1. The van der Waals surface area contributed by atoms with Gasteiger partial charge in [0.15, 0.2) is 0 Å². The molecule has 0 saturated carbocycles. The van der Waals surface area contributed by atoms with Crippen molar-refractivity contribution in [3.05, 3.63) is 41.2 Å². The second kappa shape index (κ2) is 6.22. The molecule has 0 bridgehead atoms. The third-order valence-electron chi connectivity index (χ3n) is 3.26. The van der Waals surface area contributed by atoms with Crippen molar-refractivity contribution in [1.29, 1.82) is 0 Å². The van der Waals surface area contributed by atoms with Gasteiger partial charge in [0, 0.05) is 42.6 Å². The number of hydrogen-bond donors (Lipinski definition) is 0. The minimum Gasteiger partial charge on any atom is -0.369 e. The lowest BCUT2D eigenvalue weighted by molar-refractivity contribution is 0.313. The van der Waals surface area contributed by atoms with E-state index in [0.29, 0.717) is 5.03 Å². The Morgan fingerprint density at radius 3 is 2.63 bits per heavy atom. The highest BCUT2D eigenvalue weighted by molar-refractivity contribution is 6.31. The van der Waals surface area contributed by atoms with Crippen LogP contribution in [0.3, 0.4) is 0 Å². The molecule has 1 aliphatic rings. The van der Waals surface area contributed by atoms with Crippen molar-refractivity contribution in [1.82, 2.24) is 9.88 Å². The smallest absolute Gasteiger partial charge is 0.0653 e. The maximum absolute atomic E-state index is 5.75. The van der Waals surface area contributed by atoms with Gasteiger partial charge >= 0.3 is 0 Å². The van der Waals surface area contributed by atoms with Crippen molar-refractivity contribution in [2.75, 3.05) is 38.1 Å². The summed E-state index contributed by atoms with van der Waals surface area (Å²) in [4.78, 5) is 9.25. The molecule has 1 fully saturated rings. The number of nitrogens with zero attached hydrogens (tertiary/aromatic N) is 3. The Balaban J connectivity index is 2.19. The Labute approximate surface area is 120 Å². The van der Waals surface area contributed by atoms with Gasteiger partial charge in [-0.15, -0.1) is 0 Å². The monoisotopic (exact) mass is 277 g/mol. The molecule has 0 aliphatic carbocycles. The topological polar surface area (TPSA) is 19.4 Å². The normalized spacial score (nSPS) is 17.1. The molecule has 102 valence electrons. The van der Waals surface area contributed by atoms with Crippen LogP contribution in [0.2, 0.25) is 0 Å². The molecule has 4 heteroatoms. The fourth-order valence-electron chi connectivity index (χ4n) is 2.18. The van der Waals surface area contributed by atoms with Gasteiger partial charge in [-0.1, -0.05) is 18.2 Å². The lowest BCUT2D eigenvalue weighted by Gasteiger charge is -2.34. The molecule has 2 heterocycles. The first-order valence-corrected chi connectivity index (χ1v) is 6.87. The molecule has 3 nitrogen and oxygen atoms in total. The lowest BCUT2D eigenvalue weighted by atomic mass is 10.2. The first-order valence-electron chi connectivity index (χ1n) is 6.49. The summed E-state index contributed by atoms with van der Waals surface area (Å²) in [6, 6.07) is 4.24.